The van der Waals surface area contributed by atoms with E-state index < -0.39 is 13.4 Å². The minimum Gasteiger partial charge on any atom is -0.167 e. The Morgan fingerprint density at radius 1 is 1.00 bits per heavy atom. The SMILES string of the molecule is CC([Si](C)(C)Cl)[Si](Cl)(Cl)Cl. The van der Waals surface area contributed by atoms with Gasteiger partial charge in [0.05, 0.1) is 0 Å². The molecule has 0 aliphatic heterocycles. The average molecular weight is 256 g/mol. The Balaban J connectivity index is 4.23. The third-order valence-corrected chi connectivity index (χ3v) is 14.1. The van der Waals surface area contributed by atoms with E-state index in [2.05, 4.69) is 0 Å². The van der Waals surface area contributed by atoms with Crippen LogP contribution >= 0.6 is 44.3 Å². The van der Waals surface area contributed by atoms with Crippen molar-refractivity contribution in [2.24, 2.45) is 0 Å². The maximum absolute atomic E-state index is 6.09. The summed E-state index contributed by atoms with van der Waals surface area (Å²) in [6.45, 7) is 5.92. The van der Waals surface area contributed by atoms with Gasteiger partial charge in [-0.25, -0.2) is 0 Å². The van der Waals surface area contributed by atoms with Crippen LogP contribution in [0.15, 0.2) is 0 Å². The van der Waals surface area contributed by atoms with Gasteiger partial charge in [-0.2, -0.15) is 11.1 Å². The van der Waals surface area contributed by atoms with Gasteiger partial charge in [0.2, 0.25) is 0 Å². The Bertz CT molecular complexity index is 99.4. The molecule has 0 saturated carbocycles. The van der Waals surface area contributed by atoms with Crippen LogP contribution in [0.2, 0.25) is 18.3 Å². The fourth-order valence-electron chi connectivity index (χ4n) is 0.389. The van der Waals surface area contributed by atoms with E-state index in [1.54, 1.807) is 0 Å². The van der Waals surface area contributed by atoms with E-state index in [1.807, 2.05) is 20.0 Å². The van der Waals surface area contributed by atoms with E-state index in [4.69, 9.17) is 44.3 Å². The zero-order chi connectivity index (χ0) is 8.58. The van der Waals surface area contributed by atoms with Crippen LogP contribution < -0.4 is 0 Å². The van der Waals surface area contributed by atoms with Crippen LogP contribution in [0.1, 0.15) is 6.92 Å². The highest BCUT2D eigenvalue weighted by Gasteiger charge is 2.43. The molecular weight excluding hydrogens is 246 g/mol. The number of rotatable bonds is 2. The van der Waals surface area contributed by atoms with Gasteiger partial charge in [-0.3, -0.25) is 0 Å². The third kappa shape index (κ3) is 3.83. The van der Waals surface area contributed by atoms with Gasteiger partial charge in [-0.1, -0.05) is 20.0 Å². The summed E-state index contributed by atoms with van der Waals surface area (Å²) < 4.78 is 0. The molecule has 10 heavy (non-hydrogen) atoms. The molecule has 6 heteroatoms. The van der Waals surface area contributed by atoms with Gasteiger partial charge in [-0.05, 0) is 0 Å². The summed E-state index contributed by atoms with van der Waals surface area (Å²) >= 11 is 23.5. The fraction of sp³-hybridized carbons (Fsp3) is 1.00. The predicted octanol–water partition coefficient (Wildman–Crippen LogP) is 4.01. The van der Waals surface area contributed by atoms with Crippen molar-refractivity contribution in [2.75, 3.05) is 0 Å². The second-order valence-corrected chi connectivity index (χ2v) is 19.4. The van der Waals surface area contributed by atoms with Crippen molar-refractivity contribution in [3.8, 4) is 0 Å². The van der Waals surface area contributed by atoms with Gasteiger partial charge < -0.3 is 0 Å². The molecule has 0 aliphatic rings. The normalized spacial score (nSPS) is 17.1. The summed E-state index contributed by atoms with van der Waals surface area (Å²) in [5.41, 5.74) is 0. The van der Waals surface area contributed by atoms with Crippen molar-refractivity contribution in [1.82, 2.24) is 0 Å². The minimum atomic E-state index is -2.55. The van der Waals surface area contributed by atoms with Gasteiger partial charge in [-0.15, -0.1) is 33.2 Å². The molecule has 0 heterocycles. The highest BCUT2D eigenvalue weighted by atomic mass is 35.8. The van der Waals surface area contributed by atoms with E-state index in [9.17, 15) is 0 Å². The summed E-state index contributed by atoms with van der Waals surface area (Å²) in [6.07, 6.45) is 0. The second-order valence-electron chi connectivity index (χ2n) is 2.83. The maximum Gasteiger partial charge on any atom is 0.342 e. The van der Waals surface area contributed by atoms with Crippen LogP contribution in [0.3, 0.4) is 0 Å². The standard InChI is InChI=1S/C4H10Cl4Si2/c1-4(9(2,3)5)10(6,7)8/h4H,1-3H3. The third-order valence-electron chi connectivity index (χ3n) is 1.52. The molecule has 0 saturated heterocycles. The lowest BCUT2D eigenvalue weighted by atomic mass is 10.9. The Kier molecular flexibility index (Phi) is 4.11. The molecular formula is C4H10Cl4Si2. The highest BCUT2D eigenvalue weighted by molar-refractivity contribution is 7.67. The molecule has 0 rings (SSSR count). The average Bonchev–Trinajstić information content (AvgIpc) is 1.59. The lowest BCUT2D eigenvalue weighted by Gasteiger charge is -2.26. The Hall–Kier alpha value is 1.59. The molecule has 62 valence electrons. The van der Waals surface area contributed by atoms with Crippen molar-refractivity contribution < 1.29 is 0 Å². The zero-order valence-corrected chi connectivity index (χ0v) is 11.1. The van der Waals surface area contributed by atoms with E-state index in [-0.39, 0.29) is 5.16 Å². The molecule has 0 spiro atoms. The van der Waals surface area contributed by atoms with Gasteiger partial charge in [0, 0.05) is 5.16 Å². The summed E-state index contributed by atoms with van der Waals surface area (Å²) in [6, 6.07) is -2.55. The van der Waals surface area contributed by atoms with E-state index in [1.165, 1.54) is 0 Å². The Morgan fingerprint density at radius 3 is 1.30 bits per heavy atom. The van der Waals surface area contributed by atoms with Crippen LogP contribution in [0.4, 0.5) is 0 Å². The molecule has 1 atom stereocenters. The molecule has 0 aromatic carbocycles. The smallest absolute Gasteiger partial charge is 0.167 e. The summed E-state index contributed by atoms with van der Waals surface area (Å²) in [5, 5.41) is 0.103. The van der Waals surface area contributed by atoms with E-state index in [0.717, 1.165) is 0 Å². The van der Waals surface area contributed by atoms with Gasteiger partial charge >= 0.3 is 6.00 Å². The first-order valence-electron chi connectivity index (χ1n) is 2.91. The van der Waals surface area contributed by atoms with Crippen LogP contribution in [0, 0.1) is 0 Å². The Morgan fingerprint density at radius 2 is 1.30 bits per heavy atom. The molecule has 0 bridgehead atoms. The second kappa shape index (κ2) is 3.54. The van der Waals surface area contributed by atoms with Gasteiger partial charge in [0.1, 0.15) is 0 Å². The number of hydrogen-bond donors (Lipinski definition) is 0. The molecule has 0 radical (unpaired) electrons. The van der Waals surface area contributed by atoms with Gasteiger partial charge in [0.25, 0.3) is 0 Å². The van der Waals surface area contributed by atoms with Crippen molar-refractivity contribution in [2.45, 2.75) is 25.2 Å². The van der Waals surface area contributed by atoms with Crippen LogP contribution in [-0.2, 0) is 0 Å². The van der Waals surface area contributed by atoms with E-state index in [0.29, 0.717) is 0 Å². The molecule has 0 nitrogen and oxygen atoms in total. The first-order chi connectivity index (χ1) is 4.15. The lowest BCUT2D eigenvalue weighted by Crippen LogP contribution is -2.35. The first-order valence-corrected chi connectivity index (χ1v) is 12.1. The quantitative estimate of drug-likeness (QED) is 0.517. The zero-order valence-electron chi connectivity index (χ0n) is 6.09. The molecule has 1 unspecified atom stereocenters. The molecule has 0 fully saturated rings. The van der Waals surface area contributed by atoms with Crippen molar-refractivity contribution in [3.63, 3.8) is 0 Å². The topological polar surface area (TPSA) is 0 Å². The van der Waals surface area contributed by atoms with Crippen molar-refractivity contribution >= 4 is 57.7 Å². The van der Waals surface area contributed by atoms with Crippen LogP contribution in [0.25, 0.3) is 0 Å². The lowest BCUT2D eigenvalue weighted by molar-refractivity contribution is 1.27. The largest absolute Gasteiger partial charge is 0.342 e. The monoisotopic (exact) mass is 254 g/mol. The van der Waals surface area contributed by atoms with E-state index >= 15 is 0 Å². The van der Waals surface area contributed by atoms with Crippen molar-refractivity contribution in [1.29, 1.82) is 0 Å². The molecule has 0 aromatic rings. The summed E-state index contributed by atoms with van der Waals surface area (Å²) in [4.78, 5) is 0. The van der Waals surface area contributed by atoms with Crippen LogP contribution in [-0.4, -0.2) is 13.4 Å². The molecule has 0 aliphatic carbocycles. The Labute approximate surface area is 82.6 Å². The first kappa shape index (κ1) is 11.6. The fourth-order valence-corrected chi connectivity index (χ4v) is 13.8. The maximum atomic E-state index is 6.09. The number of halogens is 4. The number of hydrogen-bond acceptors (Lipinski definition) is 0. The highest BCUT2D eigenvalue weighted by Crippen LogP contribution is 2.41. The minimum absolute atomic E-state index is 0.103. The van der Waals surface area contributed by atoms with Gasteiger partial charge in [0.15, 0.2) is 7.38 Å². The predicted molar refractivity (Wildman–Crippen MR) is 56.1 cm³/mol. The summed E-state index contributed by atoms with van der Waals surface area (Å²) in [5.74, 6) is 0. The summed E-state index contributed by atoms with van der Waals surface area (Å²) in [7, 11) is -1.76. The van der Waals surface area contributed by atoms with Crippen molar-refractivity contribution in [3.05, 3.63) is 0 Å². The molecule has 0 aromatic heterocycles. The van der Waals surface area contributed by atoms with Crippen LogP contribution in [0.5, 0.6) is 0 Å². The molecule has 0 amide bonds. The molecule has 0 N–H and O–H groups in total.